The third kappa shape index (κ3) is 4.94. The van der Waals surface area contributed by atoms with Crippen molar-refractivity contribution >= 4 is 24.8 Å². The van der Waals surface area contributed by atoms with Gasteiger partial charge in [0.15, 0.2) is 0 Å². The van der Waals surface area contributed by atoms with E-state index in [1.54, 1.807) is 4.90 Å². The predicted octanol–water partition coefficient (Wildman–Crippen LogP) is 3.60. The fourth-order valence-electron chi connectivity index (χ4n) is 2.35. The average Bonchev–Trinajstić information content (AvgIpc) is 2.41. The van der Waals surface area contributed by atoms with Crippen LogP contribution in [0, 0.1) is 5.82 Å². The van der Waals surface area contributed by atoms with Gasteiger partial charge in [0.05, 0.1) is 11.6 Å². The standard InChI is InChI=1S/C13H15F5N2.2ClH/c14-8-12(20-5-3-19-4-6-20)10-7-9(13(16,17)18)1-2-11(10)15;;/h1-2,7,12,19H,3-6,8H2;2*1H/t12-;;/m1../s1. The van der Waals surface area contributed by atoms with Gasteiger partial charge in [-0.25, -0.2) is 8.78 Å². The fourth-order valence-corrected chi connectivity index (χ4v) is 2.35. The third-order valence-electron chi connectivity index (χ3n) is 3.42. The van der Waals surface area contributed by atoms with Crippen molar-refractivity contribution in [2.75, 3.05) is 32.9 Å². The number of piperazine rings is 1. The molecular weight excluding hydrogens is 350 g/mol. The largest absolute Gasteiger partial charge is 0.416 e. The Kier molecular flexibility index (Phi) is 8.61. The molecule has 0 bridgehead atoms. The van der Waals surface area contributed by atoms with Gasteiger partial charge in [-0.3, -0.25) is 4.90 Å². The number of rotatable bonds is 3. The SMILES string of the molecule is Cl.Cl.FC[C@H](c1cc(C(F)(F)F)ccc1F)N1CCNCC1. The number of nitrogens with zero attached hydrogens (tertiary/aromatic N) is 1. The molecule has 1 aromatic carbocycles. The molecule has 0 amide bonds. The van der Waals surface area contributed by atoms with Crippen LogP contribution in [-0.2, 0) is 6.18 Å². The van der Waals surface area contributed by atoms with Gasteiger partial charge in [-0.2, -0.15) is 13.2 Å². The Labute approximate surface area is 137 Å². The third-order valence-corrected chi connectivity index (χ3v) is 3.42. The first kappa shape index (κ1) is 21.4. The van der Waals surface area contributed by atoms with E-state index >= 15 is 0 Å². The molecule has 1 atom stereocenters. The van der Waals surface area contributed by atoms with Crippen LogP contribution in [-0.4, -0.2) is 37.8 Å². The molecule has 1 aliphatic heterocycles. The molecule has 0 spiro atoms. The molecule has 1 N–H and O–H groups in total. The summed E-state index contributed by atoms with van der Waals surface area (Å²) in [6, 6.07) is 1.16. The molecule has 0 aromatic heterocycles. The average molecular weight is 367 g/mol. The van der Waals surface area contributed by atoms with Crippen LogP contribution in [0.1, 0.15) is 17.2 Å². The maximum atomic E-state index is 13.8. The molecule has 1 aliphatic rings. The van der Waals surface area contributed by atoms with Gasteiger partial charge in [0.2, 0.25) is 0 Å². The van der Waals surface area contributed by atoms with E-state index in [4.69, 9.17) is 0 Å². The van der Waals surface area contributed by atoms with E-state index in [-0.39, 0.29) is 30.4 Å². The van der Waals surface area contributed by atoms with Gasteiger partial charge in [-0.15, -0.1) is 24.8 Å². The Morgan fingerprint density at radius 2 is 1.73 bits per heavy atom. The zero-order valence-corrected chi connectivity index (χ0v) is 13.1. The summed E-state index contributed by atoms with van der Waals surface area (Å²) in [4.78, 5) is 1.66. The minimum atomic E-state index is -4.56. The fraction of sp³-hybridized carbons (Fsp3) is 0.538. The summed E-state index contributed by atoms with van der Waals surface area (Å²) in [5.41, 5.74) is -1.19. The van der Waals surface area contributed by atoms with E-state index < -0.39 is 30.3 Å². The number of hydrogen-bond donors (Lipinski definition) is 1. The van der Waals surface area contributed by atoms with E-state index in [0.29, 0.717) is 38.3 Å². The normalized spacial score (nSPS) is 17.3. The number of hydrogen-bond acceptors (Lipinski definition) is 2. The van der Waals surface area contributed by atoms with Crippen molar-refractivity contribution in [2.24, 2.45) is 0 Å². The molecule has 0 unspecified atom stereocenters. The van der Waals surface area contributed by atoms with Crippen LogP contribution in [0.2, 0.25) is 0 Å². The Morgan fingerprint density at radius 1 is 1.14 bits per heavy atom. The lowest BCUT2D eigenvalue weighted by atomic mass is 10.0. The van der Waals surface area contributed by atoms with Crippen LogP contribution >= 0.6 is 24.8 Å². The number of benzene rings is 1. The maximum Gasteiger partial charge on any atom is 0.416 e. The molecule has 22 heavy (non-hydrogen) atoms. The minimum Gasteiger partial charge on any atom is -0.314 e. The first-order chi connectivity index (χ1) is 9.43. The van der Waals surface area contributed by atoms with Crippen LogP contribution in [0.15, 0.2) is 18.2 Å². The highest BCUT2D eigenvalue weighted by molar-refractivity contribution is 5.85. The van der Waals surface area contributed by atoms with Crippen molar-refractivity contribution in [3.05, 3.63) is 35.1 Å². The van der Waals surface area contributed by atoms with Crippen LogP contribution < -0.4 is 5.32 Å². The summed E-state index contributed by atoms with van der Waals surface area (Å²) in [7, 11) is 0. The van der Waals surface area contributed by atoms with Crippen molar-refractivity contribution in [1.82, 2.24) is 10.2 Å². The molecule has 0 radical (unpaired) electrons. The summed E-state index contributed by atoms with van der Waals surface area (Å²) >= 11 is 0. The molecule has 2 rings (SSSR count). The molecule has 2 nitrogen and oxygen atoms in total. The lowest BCUT2D eigenvalue weighted by molar-refractivity contribution is -0.137. The monoisotopic (exact) mass is 366 g/mol. The summed E-state index contributed by atoms with van der Waals surface area (Å²) in [5, 5.41) is 3.06. The van der Waals surface area contributed by atoms with Crippen molar-refractivity contribution in [3.8, 4) is 0 Å². The van der Waals surface area contributed by atoms with E-state index in [1.807, 2.05) is 0 Å². The lowest BCUT2D eigenvalue weighted by Gasteiger charge is -2.34. The highest BCUT2D eigenvalue weighted by Gasteiger charge is 2.33. The van der Waals surface area contributed by atoms with Gasteiger partial charge >= 0.3 is 6.18 Å². The van der Waals surface area contributed by atoms with Gasteiger partial charge in [-0.05, 0) is 18.2 Å². The highest BCUT2D eigenvalue weighted by atomic mass is 35.5. The van der Waals surface area contributed by atoms with Gasteiger partial charge in [0.25, 0.3) is 0 Å². The summed E-state index contributed by atoms with van der Waals surface area (Å²) in [6.07, 6.45) is -4.56. The van der Waals surface area contributed by atoms with Crippen LogP contribution in [0.25, 0.3) is 0 Å². The smallest absolute Gasteiger partial charge is 0.314 e. The van der Waals surface area contributed by atoms with E-state index in [0.717, 1.165) is 6.07 Å². The molecule has 1 saturated heterocycles. The topological polar surface area (TPSA) is 15.3 Å². The Morgan fingerprint density at radius 3 is 2.23 bits per heavy atom. The predicted molar refractivity (Wildman–Crippen MR) is 79.1 cm³/mol. The molecule has 1 fully saturated rings. The zero-order valence-electron chi connectivity index (χ0n) is 11.5. The summed E-state index contributed by atoms with van der Waals surface area (Å²) in [6.45, 7) is 1.25. The summed E-state index contributed by atoms with van der Waals surface area (Å²) < 4.78 is 65.0. The van der Waals surface area contributed by atoms with Gasteiger partial charge in [-0.1, -0.05) is 0 Å². The second kappa shape index (κ2) is 8.86. The van der Waals surface area contributed by atoms with Crippen LogP contribution in [0.4, 0.5) is 22.0 Å². The van der Waals surface area contributed by atoms with Gasteiger partial charge in [0, 0.05) is 31.7 Å². The minimum absolute atomic E-state index is 0. The van der Waals surface area contributed by atoms with Crippen molar-refractivity contribution < 1.29 is 22.0 Å². The van der Waals surface area contributed by atoms with Crippen LogP contribution in [0.5, 0.6) is 0 Å². The lowest BCUT2D eigenvalue weighted by Crippen LogP contribution is -2.45. The highest BCUT2D eigenvalue weighted by Crippen LogP contribution is 2.33. The number of alkyl halides is 4. The van der Waals surface area contributed by atoms with Gasteiger partial charge < -0.3 is 5.32 Å². The zero-order chi connectivity index (χ0) is 14.8. The van der Waals surface area contributed by atoms with E-state index in [2.05, 4.69) is 5.32 Å². The number of halogens is 7. The molecule has 9 heteroatoms. The van der Waals surface area contributed by atoms with Crippen LogP contribution in [0.3, 0.4) is 0 Å². The number of nitrogens with one attached hydrogen (secondary N) is 1. The summed E-state index contributed by atoms with van der Waals surface area (Å²) in [5.74, 6) is -0.806. The quantitative estimate of drug-likeness (QED) is 0.822. The van der Waals surface area contributed by atoms with E-state index in [9.17, 15) is 22.0 Å². The first-order valence-electron chi connectivity index (χ1n) is 6.31. The Hall–Kier alpha value is -0.630. The molecular formula is C13H17Cl2F5N2. The van der Waals surface area contributed by atoms with Crippen molar-refractivity contribution in [2.45, 2.75) is 12.2 Å². The second-order valence-electron chi connectivity index (χ2n) is 4.69. The first-order valence-corrected chi connectivity index (χ1v) is 6.31. The Balaban J connectivity index is 0.00000220. The Bertz CT molecular complexity index is 464. The van der Waals surface area contributed by atoms with Gasteiger partial charge in [0.1, 0.15) is 12.5 Å². The molecule has 1 aromatic rings. The second-order valence-corrected chi connectivity index (χ2v) is 4.69. The maximum absolute atomic E-state index is 13.8. The van der Waals surface area contributed by atoms with Crippen molar-refractivity contribution in [1.29, 1.82) is 0 Å². The molecule has 0 saturated carbocycles. The van der Waals surface area contributed by atoms with Crippen molar-refractivity contribution in [3.63, 3.8) is 0 Å². The molecule has 0 aliphatic carbocycles. The molecule has 1 heterocycles. The van der Waals surface area contributed by atoms with E-state index in [1.165, 1.54) is 0 Å². The molecule has 128 valence electrons.